The van der Waals surface area contributed by atoms with Crippen molar-refractivity contribution in [2.24, 2.45) is 0 Å². The molecular weight excluding hydrogens is 440 g/mol. The normalized spacial score (nSPS) is 10.6. The van der Waals surface area contributed by atoms with Crippen molar-refractivity contribution in [2.75, 3.05) is 0 Å². The number of carbonyl (C=O) groups excluding carboxylic acids is 2. The zero-order chi connectivity index (χ0) is 19.5. The number of fused-ring (bicyclic) bond motifs is 1. The molecule has 0 bridgehead atoms. The van der Waals surface area contributed by atoms with E-state index in [1.807, 2.05) is 24.3 Å². The van der Waals surface area contributed by atoms with E-state index in [9.17, 15) is 9.59 Å². The molecule has 0 unspecified atom stereocenters. The van der Waals surface area contributed by atoms with Crippen LogP contribution in [0.2, 0.25) is 0 Å². The number of pyridine rings is 1. The maximum atomic E-state index is 12.7. The summed E-state index contributed by atoms with van der Waals surface area (Å²) in [7, 11) is 0. The lowest BCUT2D eigenvalue weighted by molar-refractivity contribution is 0.0846. The Morgan fingerprint density at radius 3 is 2.32 bits per heavy atom. The average Bonchev–Trinajstić information content (AvgIpc) is 3.16. The number of hydrazine groups is 1. The molecule has 0 saturated carbocycles. The largest absolute Gasteiger partial charge is 0.272 e. The zero-order valence-corrected chi connectivity index (χ0v) is 16.8. The highest BCUT2D eigenvalue weighted by Crippen LogP contribution is 2.30. The van der Waals surface area contributed by atoms with Gasteiger partial charge in [0.15, 0.2) is 0 Å². The second kappa shape index (κ2) is 7.87. The number of hydrogen-bond donors (Lipinski definition) is 2. The molecule has 4 aromatic rings. The van der Waals surface area contributed by atoms with Gasteiger partial charge in [-0.15, -0.1) is 11.3 Å². The van der Waals surface area contributed by atoms with Gasteiger partial charge >= 0.3 is 0 Å². The number of carbonyl (C=O) groups is 2. The van der Waals surface area contributed by atoms with Crippen LogP contribution in [0.15, 0.2) is 71.3 Å². The summed E-state index contributed by atoms with van der Waals surface area (Å²) in [6.07, 6.45) is 1.61. The van der Waals surface area contributed by atoms with Crippen molar-refractivity contribution >= 4 is 49.3 Å². The standard InChI is InChI=1S/C20H13BrN4O2S/c21-14-8-2-1-6-12(14)18(26)24-25-19(27)13-7-5-11-22-17(13)20-23-15-9-3-4-10-16(15)28-20/h1-11H,(H,24,26)(H,25,27). The molecule has 4 rings (SSSR count). The van der Waals surface area contributed by atoms with Crippen molar-refractivity contribution in [3.63, 3.8) is 0 Å². The fraction of sp³-hybridized carbons (Fsp3) is 0. The Morgan fingerprint density at radius 2 is 1.54 bits per heavy atom. The molecule has 0 radical (unpaired) electrons. The minimum Gasteiger partial charge on any atom is -0.267 e. The van der Waals surface area contributed by atoms with Crippen molar-refractivity contribution in [3.05, 3.63) is 82.5 Å². The summed E-state index contributed by atoms with van der Waals surface area (Å²) in [5, 5.41) is 0.643. The molecule has 138 valence electrons. The van der Waals surface area contributed by atoms with E-state index >= 15 is 0 Å². The van der Waals surface area contributed by atoms with Crippen LogP contribution >= 0.6 is 27.3 Å². The van der Waals surface area contributed by atoms with E-state index < -0.39 is 11.8 Å². The molecule has 6 nitrogen and oxygen atoms in total. The summed E-state index contributed by atoms with van der Waals surface area (Å²) in [5.41, 5.74) is 6.94. The highest BCUT2D eigenvalue weighted by Gasteiger charge is 2.18. The fourth-order valence-corrected chi connectivity index (χ4v) is 4.07. The third kappa shape index (κ3) is 3.64. The number of thiazole rings is 1. The Bertz CT molecular complexity index is 1160. The molecule has 2 aromatic heterocycles. The Hall–Kier alpha value is -3.10. The molecule has 0 fully saturated rings. The summed E-state index contributed by atoms with van der Waals surface area (Å²) < 4.78 is 1.65. The molecule has 2 amide bonds. The van der Waals surface area contributed by atoms with Gasteiger partial charge in [0, 0.05) is 10.7 Å². The number of rotatable bonds is 3. The van der Waals surface area contributed by atoms with Gasteiger partial charge in [-0.2, -0.15) is 0 Å². The van der Waals surface area contributed by atoms with Gasteiger partial charge in [0.25, 0.3) is 11.8 Å². The summed E-state index contributed by atoms with van der Waals surface area (Å²) in [5.74, 6) is -0.894. The van der Waals surface area contributed by atoms with Crippen LogP contribution in [-0.4, -0.2) is 21.8 Å². The van der Waals surface area contributed by atoms with Gasteiger partial charge in [0.2, 0.25) is 0 Å². The fourth-order valence-electron chi connectivity index (χ4n) is 2.63. The van der Waals surface area contributed by atoms with Crippen LogP contribution < -0.4 is 10.9 Å². The molecule has 2 N–H and O–H groups in total. The van der Waals surface area contributed by atoms with E-state index in [0.717, 1.165) is 10.2 Å². The van der Waals surface area contributed by atoms with E-state index in [0.29, 0.717) is 26.3 Å². The number of benzene rings is 2. The van der Waals surface area contributed by atoms with Crippen LogP contribution in [0.25, 0.3) is 20.9 Å². The number of halogens is 1. The van der Waals surface area contributed by atoms with Crippen LogP contribution in [0.4, 0.5) is 0 Å². The molecule has 0 aliphatic heterocycles. The van der Waals surface area contributed by atoms with Gasteiger partial charge in [-0.3, -0.25) is 25.4 Å². The number of hydrogen-bond acceptors (Lipinski definition) is 5. The molecule has 0 saturated heterocycles. The number of nitrogens with one attached hydrogen (secondary N) is 2. The summed E-state index contributed by atoms with van der Waals surface area (Å²) in [6, 6.07) is 18.0. The minimum atomic E-state index is -0.470. The molecule has 0 aliphatic rings. The maximum Gasteiger partial charge on any atom is 0.272 e. The molecule has 8 heteroatoms. The smallest absolute Gasteiger partial charge is 0.267 e. The van der Waals surface area contributed by atoms with E-state index in [2.05, 4.69) is 36.7 Å². The second-order valence-electron chi connectivity index (χ2n) is 5.77. The van der Waals surface area contributed by atoms with Crippen molar-refractivity contribution < 1.29 is 9.59 Å². The number of aromatic nitrogens is 2. The highest BCUT2D eigenvalue weighted by atomic mass is 79.9. The molecule has 0 spiro atoms. The van der Waals surface area contributed by atoms with E-state index in [1.165, 1.54) is 11.3 Å². The predicted molar refractivity (Wildman–Crippen MR) is 112 cm³/mol. The molecular formula is C20H13BrN4O2S. The third-order valence-electron chi connectivity index (χ3n) is 3.96. The lowest BCUT2D eigenvalue weighted by Gasteiger charge is -2.10. The van der Waals surface area contributed by atoms with Gasteiger partial charge in [-0.05, 0) is 52.3 Å². The van der Waals surface area contributed by atoms with E-state index in [-0.39, 0.29) is 0 Å². The van der Waals surface area contributed by atoms with Crippen LogP contribution in [0.3, 0.4) is 0 Å². The highest BCUT2D eigenvalue weighted by molar-refractivity contribution is 9.10. The Labute approximate surface area is 172 Å². The Kier molecular flexibility index (Phi) is 5.14. The molecule has 0 atom stereocenters. The third-order valence-corrected chi connectivity index (χ3v) is 5.69. The summed E-state index contributed by atoms with van der Waals surface area (Å²) >= 11 is 4.78. The van der Waals surface area contributed by atoms with Crippen LogP contribution in [0, 0.1) is 0 Å². The Morgan fingerprint density at radius 1 is 0.857 bits per heavy atom. The first kappa shape index (κ1) is 18.3. The van der Waals surface area contributed by atoms with Crippen LogP contribution in [0.1, 0.15) is 20.7 Å². The quantitative estimate of drug-likeness (QED) is 0.456. The monoisotopic (exact) mass is 452 g/mol. The number of amides is 2. The molecule has 2 aromatic carbocycles. The molecule has 28 heavy (non-hydrogen) atoms. The lowest BCUT2D eigenvalue weighted by atomic mass is 10.2. The number of nitrogens with zero attached hydrogens (tertiary/aromatic N) is 2. The van der Waals surface area contributed by atoms with Crippen molar-refractivity contribution in [1.29, 1.82) is 0 Å². The first-order chi connectivity index (χ1) is 13.6. The SMILES string of the molecule is O=C(NNC(=O)c1cccnc1-c1nc2ccccc2s1)c1ccccc1Br. The average molecular weight is 453 g/mol. The van der Waals surface area contributed by atoms with Gasteiger partial charge in [0.05, 0.1) is 21.3 Å². The topological polar surface area (TPSA) is 84.0 Å². The molecule has 0 aliphatic carbocycles. The summed E-state index contributed by atoms with van der Waals surface area (Å²) in [4.78, 5) is 33.9. The van der Waals surface area contributed by atoms with Crippen LogP contribution in [-0.2, 0) is 0 Å². The first-order valence-electron chi connectivity index (χ1n) is 8.29. The number of para-hydroxylation sites is 1. The zero-order valence-electron chi connectivity index (χ0n) is 14.3. The van der Waals surface area contributed by atoms with Crippen molar-refractivity contribution in [1.82, 2.24) is 20.8 Å². The van der Waals surface area contributed by atoms with Crippen LogP contribution in [0.5, 0.6) is 0 Å². The van der Waals surface area contributed by atoms with E-state index in [4.69, 9.17) is 0 Å². The Balaban J connectivity index is 1.57. The van der Waals surface area contributed by atoms with E-state index in [1.54, 1.807) is 42.6 Å². The van der Waals surface area contributed by atoms with Gasteiger partial charge < -0.3 is 0 Å². The predicted octanol–water partition coefficient (Wildman–Crippen LogP) is 4.20. The lowest BCUT2D eigenvalue weighted by Crippen LogP contribution is -2.42. The van der Waals surface area contributed by atoms with Crippen molar-refractivity contribution in [2.45, 2.75) is 0 Å². The minimum absolute atomic E-state index is 0.328. The van der Waals surface area contributed by atoms with Gasteiger partial charge in [-0.25, -0.2) is 4.98 Å². The first-order valence-corrected chi connectivity index (χ1v) is 9.90. The van der Waals surface area contributed by atoms with Gasteiger partial charge in [-0.1, -0.05) is 24.3 Å². The molecule has 2 heterocycles. The second-order valence-corrected chi connectivity index (χ2v) is 7.66. The maximum absolute atomic E-state index is 12.7. The summed E-state index contributed by atoms with van der Waals surface area (Å²) in [6.45, 7) is 0. The van der Waals surface area contributed by atoms with Gasteiger partial charge in [0.1, 0.15) is 10.7 Å². The van der Waals surface area contributed by atoms with Crippen molar-refractivity contribution in [3.8, 4) is 10.7 Å².